The minimum Gasteiger partial charge on any atom is -0.307 e. The Morgan fingerprint density at radius 2 is 1.43 bits per heavy atom. The molecule has 2 aromatic carbocycles. The van der Waals surface area contributed by atoms with E-state index in [9.17, 15) is 18.0 Å². The number of anilines is 2. The van der Waals surface area contributed by atoms with Gasteiger partial charge in [-0.3, -0.25) is 0 Å². The smallest absolute Gasteiger partial charge is 0.307 e. The third kappa shape index (κ3) is 4.25. The van der Waals surface area contributed by atoms with Crippen molar-refractivity contribution in [1.82, 2.24) is 0 Å². The zero-order chi connectivity index (χ0) is 17.0. The quantitative estimate of drug-likeness (QED) is 0.772. The van der Waals surface area contributed by atoms with E-state index in [4.69, 9.17) is 0 Å². The van der Waals surface area contributed by atoms with Gasteiger partial charge < -0.3 is 10.6 Å². The number of carbonyl (C=O) groups is 1. The molecule has 0 spiro atoms. The molecule has 0 unspecified atom stereocenters. The van der Waals surface area contributed by atoms with Crippen molar-refractivity contribution in [2.24, 2.45) is 0 Å². The largest absolute Gasteiger partial charge is 0.418 e. The van der Waals surface area contributed by atoms with Crippen LogP contribution in [-0.4, -0.2) is 6.03 Å². The number of hydrogen-bond donors (Lipinski definition) is 2. The molecule has 0 aliphatic heterocycles. The van der Waals surface area contributed by atoms with Crippen LogP contribution in [0.4, 0.5) is 29.3 Å². The average Bonchev–Trinajstić information content (AvgIpc) is 2.47. The fourth-order valence-corrected chi connectivity index (χ4v) is 2.23. The fraction of sp³-hybridized carbons (Fsp3) is 0.235. The van der Waals surface area contributed by atoms with Gasteiger partial charge in [0.1, 0.15) is 0 Å². The molecule has 0 radical (unpaired) electrons. The van der Waals surface area contributed by atoms with Crippen LogP contribution in [0.3, 0.4) is 0 Å². The number of benzene rings is 2. The molecular formula is C17H17F3N2O. The first-order valence-electron chi connectivity index (χ1n) is 7.12. The molecule has 0 aliphatic carbocycles. The van der Waals surface area contributed by atoms with Crippen LogP contribution in [0.15, 0.2) is 48.5 Å². The van der Waals surface area contributed by atoms with E-state index in [1.54, 1.807) is 12.1 Å². The molecule has 2 N–H and O–H groups in total. The lowest BCUT2D eigenvalue weighted by molar-refractivity contribution is -0.136. The van der Waals surface area contributed by atoms with Crippen molar-refractivity contribution in [1.29, 1.82) is 0 Å². The molecule has 3 nitrogen and oxygen atoms in total. The Morgan fingerprint density at radius 3 is 2.04 bits per heavy atom. The van der Waals surface area contributed by atoms with Gasteiger partial charge in [-0.2, -0.15) is 13.2 Å². The van der Waals surface area contributed by atoms with Gasteiger partial charge in [-0.15, -0.1) is 0 Å². The molecule has 2 rings (SSSR count). The number of para-hydroxylation sites is 2. The molecule has 2 amide bonds. The summed E-state index contributed by atoms with van der Waals surface area (Å²) in [5, 5.41) is 4.86. The molecule has 0 aliphatic rings. The Balaban J connectivity index is 2.19. The van der Waals surface area contributed by atoms with Gasteiger partial charge in [-0.1, -0.05) is 44.2 Å². The van der Waals surface area contributed by atoms with Crippen molar-refractivity contribution in [3.05, 3.63) is 59.7 Å². The zero-order valence-corrected chi connectivity index (χ0v) is 12.7. The number of alkyl halides is 3. The summed E-state index contributed by atoms with van der Waals surface area (Å²) in [6.07, 6.45) is -4.53. The Hall–Kier alpha value is -2.50. The molecular weight excluding hydrogens is 305 g/mol. The zero-order valence-electron chi connectivity index (χ0n) is 12.7. The first kappa shape index (κ1) is 16.9. The fourth-order valence-electron chi connectivity index (χ4n) is 2.23. The molecule has 0 fully saturated rings. The van der Waals surface area contributed by atoms with E-state index in [1.807, 2.05) is 26.0 Å². The van der Waals surface area contributed by atoms with E-state index in [2.05, 4.69) is 10.6 Å². The van der Waals surface area contributed by atoms with Crippen molar-refractivity contribution in [3.63, 3.8) is 0 Å². The van der Waals surface area contributed by atoms with Crippen LogP contribution in [0.2, 0.25) is 0 Å². The van der Waals surface area contributed by atoms with Crippen molar-refractivity contribution in [2.75, 3.05) is 10.6 Å². The second kappa shape index (κ2) is 6.73. The van der Waals surface area contributed by atoms with E-state index < -0.39 is 17.8 Å². The van der Waals surface area contributed by atoms with Crippen LogP contribution in [0.5, 0.6) is 0 Å². The Labute approximate surface area is 132 Å². The first-order valence-corrected chi connectivity index (χ1v) is 7.12. The highest BCUT2D eigenvalue weighted by molar-refractivity contribution is 6.00. The van der Waals surface area contributed by atoms with Crippen LogP contribution in [-0.2, 0) is 6.18 Å². The average molecular weight is 322 g/mol. The van der Waals surface area contributed by atoms with Gasteiger partial charge in [0.05, 0.1) is 11.3 Å². The van der Waals surface area contributed by atoms with Crippen molar-refractivity contribution < 1.29 is 18.0 Å². The minimum atomic E-state index is -4.53. The number of carbonyl (C=O) groups excluding carboxylic acids is 1. The van der Waals surface area contributed by atoms with E-state index in [-0.39, 0.29) is 11.6 Å². The van der Waals surface area contributed by atoms with Crippen molar-refractivity contribution in [2.45, 2.75) is 25.9 Å². The van der Waals surface area contributed by atoms with Crippen LogP contribution >= 0.6 is 0 Å². The molecule has 122 valence electrons. The maximum absolute atomic E-state index is 12.9. The second-order valence-electron chi connectivity index (χ2n) is 5.36. The van der Waals surface area contributed by atoms with E-state index in [0.29, 0.717) is 5.69 Å². The molecule has 0 aromatic heterocycles. The molecule has 2 aromatic rings. The number of hydrogen-bond acceptors (Lipinski definition) is 1. The highest BCUT2D eigenvalue weighted by Crippen LogP contribution is 2.34. The lowest BCUT2D eigenvalue weighted by atomic mass is 10.0. The predicted octanol–water partition coefficient (Wildman–Crippen LogP) is 5.47. The maximum atomic E-state index is 12.9. The molecule has 0 saturated carbocycles. The number of rotatable bonds is 3. The summed E-state index contributed by atoms with van der Waals surface area (Å²) in [6, 6.07) is 11.3. The molecule has 0 atom stereocenters. The van der Waals surface area contributed by atoms with E-state index in [1.165, 1.54) is 18.2 Å². The van der Waals surface area contributed by atoms with Gasteiger partial charge in [0, 0.05) is 5.69 Å². The summed E-state index contributed by atoms with van der Waals surface area (Å²) in [5.41, 5.74) is 0.322. The summed E-state index contributed by atoms with van der Waals surface area (Å²) < 4.78 is 38.8. The lowest BCUT2D eigenvalue weighted by Crippen LogP contribution is -2.22. The van der Waals surface area contributed by atoms with Gasteiger partial charge in [0.2, 0.25) is 0 Å². The number of nitrogens with one attached hydrogen (secondary N) is 2. The molecule has 0 heterocycles. The predicted molar refractivity (Wildman–Crippen MR) is 84.6 cm³/mol. The maximum Gasteiger partial charge on any atom is 0.418 e. The first-order chi connectivity index (χ1) is 10.8. The van der Waals surface area contributed by atoms with Crippen LogP contribution in [0, 0.1) is 0 Å². The monoisotopic (exact) mass is 322 g/mol. The Kier molecular flexibility index (Phi) is 4.93. The summed E-state index contributed by atoms with van der Waals surface area (Å²) >= 11 is 0. The van der Waals surface area contributed by atoms with Gasteiger partial charge >= 0.3 is 12.2 Å². The standard InChI is InChI=1S/C17H17F3N2O/c1-11(2)12-7-3-5-9-14(12)21-16(23)22-15-10-6-4-8-13(15)17(18,19)20/h3-11H,1-2H3,(H2,21,22,23). The summed E-state index contributed by atoms with van der Waals surface area (Å²) in [6.45, 7) is 3.94. The third-order valence-corrected chi connectivity index (χ3v) is 3.31. The molecule has 0 saturated heterocycles. The van der Waals surface area contributed by atoms with Gasteiger partial charge in [-0.05, 0) is 29.7 Å². The van der Waals surface area contributed by atoms with E-state index in [0.717, 1.165) is 11.6 Å². The van der Waals surface area contributed by atoms with Gasteiger partial charge in [0.25, 0.3) is 0 Å². The highest BCUT2D eigenvalue weighted by atomic mass is 19.4. The third-order valence-electron chi connectivity index (χ3n) is 3.31. The summed E-state index contributed by atoms with van der Waals surface area (Å²) in [7, 11) is 0. The van der Waals surface area contributed by atoms with Crippen molar-refractivity contribution >= 4 is 17.4 Å². The van der Waals surface area contributed by atoms with Crippen LogP contribution in [0.1, 0.15) is 30.9 Å². The molecule has 6 heteroatoms. The topological polar surface area (TPSA) is 41.1 Å². The normalized spacial score (nSPS) is 11.4. The summed E-state index contributed by atoms with van der Waals surface area (Å²) in [4.78, 5) is 12.0. The number of amides is 2. The van der Waals surface area contributed by atoms with E-state index >= 15 is 0 Å². The second-order valence-corrected chi connectivity index (χ2v) is 5.36. The Bertz CT molecular complexity index is 696. The van der Waals surface area contributed by atoms with Gasteiger partial charge in [0.15, 0.2) is 0 Å². The molecule has 23 heavy (non-hydrogen) atoms. The van der Waals surface area contributed by atoms with Crippen LogP contribution < -0.4 is 10.6 Å². The van der Waals surface area contributed by atoms with Gasteiger partial charge in [-0.25, -0.2) is 4.79 Å². The number of halogens is 3. The Morgan fingerprint density at radius 1 is 0.913 bits per heavy atom. The highest BCUT2D eigenvalue weighted by Gasteiger charge is 2.33. The lowest BCUT2D eigenvalue weighted by Gasteiger charge is -2.16. The summed E-state index contributed by atoms with van der Waals surface area (Å²) in [5.74, 6) is 0.175. The van der Waals surface area contributed by atoms with Crippen LogP contribution in [0.25, 0.3) is 0 Å². The minimum absolute atomic E-state index is 0.175. The van der Waals surface area contributed by atoms with Crippen molar-refractivity contribution in [3.8, 4) is 0 Å². The SMILES string of the molecule is CC(C)c1ccccc1NC(=O)Nc1ccccc1C(F)(F)F. The number of urea groups is 1. The molecule has 0 bridgehead atoms.